The third-order valence-corrected chi connectivity index (χ3v) is 4.24. The van der Waals surface area contributed by atoms with Crippen LogP contribution in [0.25, 0.3) is 0 Å². The van der Waals surface area contributed by atoms with Gasteiger partial charge in [0.05, 0.1) is 5.41 Å². The first-order valence-corrected chi connectivity index (χ1v) is 8.62. The van der Waals surface area contributed by atoms with E-state index in [1.165, 1.54) is 0 Å². The van der Waals surface area contributed by atoms with Crippen LogP contribution in [-0.4, -0.2) is 30.1 Å². The maximum Gasteiger partial charge on any atom is 0.309 e. The summed E-state index contributed by atoms with van der Waals surface area (Å²) < 4.78 is 5.88. The van der Waals surface area contributed by atoms with E-state index in [0.29, 0.717) is 13.0 Å². The van der Waals surface area contributed by atoms with Gasteiger partial charge in [-0.15, -0.1) is 0 Å². The lowest BCUT2D eigenvalue weighted by Crippen LogP contribution is -2.34. The molecular formula is C21H25NO4. The van der Waals surface area contributed by atoms with Crippen LogP contribution in [0.4, 0.5) is 0 Å². The number of aliphatic carboxylic acids is 1. The molecule has 0 aliphatic heterocycles. The van der Waals surface area contributed by atoms with Crippen molar-refractivity contribution in [2.24, 2.45) is 5.41 Å². The molecule has 0 spiro atoms. The molecule has 2 N–H and O–H groups in total. The van der Waals surface area contributed by atoms with Crippen LogP contribution < -0.4 is 5.32 Å². The quantitative estimate of drug-likeness (QED) is 0.723. The Labute approximate surface area is 154 Å². The van der Waals surface area contributed by atoms with Gasteiger partial charge in [-0.25, -0.2) is 0 Å². The van der Waals surface area contributed by atoms with Gasteiger partial charge in [0.25, 0.3) is 0 Å². The normalized spacial score (nSPS) is 11.3. The number of amides is 1. The number of carboxylic acids is 1. The largest absolute Gasteiger partial charge is 0.481 e. The number of carbonyl (C=O) groups excluding carboxylic acids is 1. The summed E-state index contributed by atoms with van der Waals surface area (Å²) in [5.74, 6) is -1.14. The van der Waals surface area contributed by atoms with Crippen LogP contribution in [0.15, 0.2) is 60.7 Å². The molecule has 138 valence electrons. The van der Waals surface area contributed by atoms with E-state index in [2.05, 4.69) is 5.32 Å². The molecule has 1 amide bonds. The number of benzene rings is 2. The van der Waals surface area contributed by atoms with Crippen molar-refractivity contribution < 1.29 is 19.4 Å². The van der Waals surface area contributed by atoms with Gasteiger partial charge in [0.2, 0.25) is 5.91 Å². The number of rotatable bonds is 9. The van der Waals surface area contributed by atoms with Crippen molar-refractivity contribution in [3.8, 4) is 0 Å². The van der Waals surface area contributed by atoms with Gasteiger partial charge in [-0.2, -0.15) is 0 Å². The topological polar surface area (TPSA) is 75.6 Å². The molecule has 0 radical (unpaired) electrons. The van der Waals surface area contributed by atoms with Crippen LogP contribution in [0.2, 0.25) is 0 Å². The van der Waals surface area contributed by atoms with Crippen LogP contribution in [-0.2, 0) is 14.3 Å². The van der Waals surface area contributed by atoms with E-state index < -0.39 is 11.4 Å². The second-order valence-electron chi connectivity index (χ2n) is 6.80. The Morgan fingerprint density at radius 2 is 1.50 bits per heavy atom. The number of ether oxygens (including phenoxy) is 1. The van der Waals surface area contributed by atoms with Crippen molar-refractivity contribution in [2.45, 2.75) is 26.4 Å². The van der Waals surface area contributed by atoms with Gasteiger partial charge >= 0.3 is 5.97 Å². The minimum Gasteiger partial charge on any atom is -0.481 e. The van der Waals surface area contributed by atoms with Gasteiger partial charge in [-0.1, -0.05) is 60.7 Å². The average Bonchev–Trinajstić information content (AvgIpc) is 2.63. The molecule has 0 aromatic heterocycles. The van der Waals surface area contributed by atoms with Crippen molar-refractivity contribution in [3.05, 3.63) is 71.8 Å². The first kappa shape index (κ1) is 19.7. The van der Waals surface area contributed by atoms with Gasteiger partial charge in [0, 0.05) is 6.54 Å². The molecule has 0 heterocycles. The lowest BCUT2D eigenvalue weighted by molar-refractivity contribution is -0.147. The predicted molar refractivity (Wildman–Crippen MR) is 99.7 cm³/mol. The Morgan fingerprint density at radius 1 is 1.00 bits per heavy atom. The van der Waals surface area contributed by atoms with Crippen molar-refractivity contribution >= 4 is 11.9 Å². The lowest BCUT2D eigenvalue weighted by Gasteiger charge is -2.20. The molecule has 5 heteroatoms. The monoisotopic (exact) mass is 355 g/mol. The van der Waals surface area contributed by atoms with Crippen LogP contribution in [0.5, 0.6) is 0 Å². The van der Waals surface area contributed by atoms with E-state index in [9.17, 15) is 9.59 Å². The Hall–Kier alpha value is -2.66. The van der Waals surface area contributed by atoms with Crippen LogP contribution in [0.3, 0.4) is 0 Å². The summed E-state index contributed by atoms with van der Waals surface area (Å²) in [6.45, 7) is 3.47. The first-order valence-electron chi connectivity index (χ1n) is 8.62. The summed E-state index contributed by atoms with van der Waals surface area (Å²) in [7, 11) is 0. The second kappa shape index (κ2) is 9.15. The number of hydrogen-bond donors (Lipinski definition) is 2. The molecule has 0 bridgehead atoms. The summed E-state index contributed by atoms with van der Waals surface area (Å²) in [6, 6.07) is 19.5. The van der Waals surface area contributed by atoms with Crippen molar-refractivity contribution in [1.29, 1.82) is 0 Å². The molecule has 0 atom stereocenters. The van der Waals surface area contributed by atoms with Crippen molar-refractivity contribution in [1.82, 2.24) is 5.32 Å². The van der Waals surface area contributed by atoms with Crippen LogP contribution in [0.1, 0.15) is 37.5 Å². The zero-order valence-electron chi connectivity index (χ0n) is 15.1. The standard InChI is InChI=1S/C21H25NO4/c1-21(2,20(24)25)13-14-22-18(23)15-26-19(16-9-5-3-6-10-16)17-11-7-4-8-12-17/h3-12,19H,13-15H2,1-2H3,(H,22,23)(H,24,25). The number of nitrogens with one attached hydrogen (secondary N) is 1. The lowest BCUT2D eigenvalue weighted by atomic mass is 9.90. The van der Waals surface area contributed by atoms with Gasteiger partial charge < -0.3 is 15.2 Å². The maximum atomic E-state index is 12.1. The Kier molecular flexibility index (Phi) is 6.92. The molecule has 0 saturated heterocycles. The van der Waals surface area contributed by atoms with E-state index in [1.54, 1.807) is 13.8 Å². The van der Waals surface area contributed by atoms with Crippen molar-refractivity contribution in [2.75, 3.05) is 13.2 Å². The highest BCUT2D eigenvalue weighted by Crippen LogP contribution is 2.25. The highest BCUT2D eigenvalue weighted by molar-refractivity contribution is 5.77. The van der Waals surface area contributed by atoms with E-state index in [0.717, 1.165) is 11.1 Å². The van der Waals surface area contributed by atoms with E-state index >= 15 is 0 Å². The summed E-state index contributed by atoms with van der Waals surface area (Å²) in [5, 5.41) is 11.8. The van der Waals surface area contributed by atoms with Crippen LogP contribution in [0, 0.1) is 5.41 Å². The maximum absolute atomic E-state index is 12.1. The second-order valence-corrected chi connectivity index (χ2v) is 6.80. The molecule has 2 aromatic rings. The first-order chi connectivity index (χ1) is 12.4. The summed E-state index contributed by atoms with van der Waals surface area (Å²) in [5.41, 5.74) is 1.07. The molecular weight excluding hydrogens is 330 g/mol. The predicted octanol–water partition coefficient (Wildman–Crippen LogP) is 3.41. The smallest absolute Gasteiger partial charge is 0.309 e. The van der Waals surface area contributed by atoms with Gasteiger partial charge in [-0.3, -0.25) is 9.59 Å². The highest BCUT2D eigenvalue weighted by atomic mass is 16.5. The molecule has 2 rings (SSSR count). The molecule has 5 nitrogen and oxygen atoms in total. The number of carboxylic acid groups (broad SMARTS) is 1. The average molecular weight is 355 g/mol. The fraction of sp³-hybridized carbons (Fsp3) is 0.333. The molecule has 0 saturated carbocycles. The Morgan fingerprint density at radius 3 is 1.96 bits per heavy atom. The number of carbonyl (C=O) groups is 2. The minimum atomic E-state index is -0.879. The minimum absolute atomic E-state index is 0.0953. The summed E-state index contributed by atoms with van der Waals surface area (Å²) >= 11 is 0. The summed E-state index contributed by atoms with van der Waals surface area (Å²) in [4.78, 5) is 23.2. The number of hydrogen-bond acceptors (Lipinski definition) is 3. The zero-order valence-corrected chi connectivity index (χ0v) is 15.1. The third kappa shape index (κ3) is 5.70. The molecule has 0 unspecified atom stereocenters. The van der Waals surface area contributed by atoms with E-state index in [4.69, 9.17) is 9.84 Å². The SMILES string of the molecule is CC(C)(CCNC(=O)COC(c1ccccc1)c1ccccc1)C(=O)O. The molecule has 0 aliphatic rings. The van der Waals surface area contributed by atoms with E-state index in [-0.39, 0.29) is 18.6 Å². The molecule has 2 aromatic carbocycles. The Bertz CT molecular complexity index is 674. The fourth-order valence-electron chi connectivity index (χ4n) is 2.47. The van der Waals surface area contributed by atoms with Gasteiger partial charge in [-0.05, 0) is 31.4 Å². The molecule has 0 aliphatic carbocycles. The van der Waals surface area contributed by atoms with Gasteiger partial charge in [0.15, 0.2) is 0 Å². The highest BCUT2D eigenvalue weighted by Gasteiger charge is 2.26. The zero-order chi connectivity index (χ0) is 19.0. The van der Waals surface area contributed by atoms with Crippen molar-refractivity contribution in [3.63, 3.8) is 0 Å². The third-order valence-electron chi connectivity index (χ3n) is 4.24. The van der Waals surface area contributed by atoms with Crippen LogP contribution >= 0.6 is 0 Å². The summed E-state index contributed by atoms with van der Waals surface area (Å²) in [6.07, 6.45) is 0.0214. The Balaban J connectivity index is 1.93. The fourth-order valence-corrected chi connectivity index (χ4v) is 2.47. The van der Waals surface area contributed by atoms with E-state index in [1.807, 2.05) is 60.7 Å². The van der Waals surface area contributed by atoms with Gasteiger partial charge in [0.1, 0.15) is 12.7 Å². The molecule has 26 heavy (non-hydrogen) atoms. The molecule has 0 fully saturated rings.